The average Bonchev–Trinajstić information content (AvgIpc) is 2.56. The fraction of sp³-hybridized carbons (Fsp3) is 0.0526. The number of hydrogen-bond acceptors (Lipinski definition) is 2. The molecule has 0 atom stereocenters. The van der Waals surface area contributed by atoms with Gasteiger partial charge in [-0.1, -0.05) is 54.6 Å². The number of benzene rings is 3. The number of anilines is 2. The Balaban J connectivity index is 1.81. The third kappa shape index (κ3) is 3.44. The monoisotopic (exact) mass is 293 g/mol. The summed E-state index contributed by atoms with van der Waals surface area (Å²) in [4.78, 5) is 0. The van der Waals surface area contributed by atoms with Crippen LogP contribution in [0.2, 0.25) is 0 Å². The first-order chi connectivity index (χ1) is 10.8. The molecule has 0 aliphatic rings. The van der Waals surface area contributed by atoms with E-state index in [1.807, 2.05) is 60.7 Å². The van der Waals surface area contributed by atoms with Crippen molar-refractivity contribution in [1.29, 1.82) is 0 Å². The topological polar surface area (TPSA) is 21.3 Å². The molecule has 0 bridgehead atoms. The molecule has 110 valence electrons. The molecule has 3 aromatic rings. The number of nitrogens with one attached hydrogen (secondary N) is 1. The van der Waals surface area contributed by atoms with Gasteiger partial charge in [0.1, 0.15) is 6.61 Å². The van der Waals surface area contributed by atoms with E-state index in [1.54, 1.807) is 12.1 Å². The average molecular weight is 293 g/mol. The molecule has 0 aromatic heterocycles. The summed E-state index contributed by atoms with van der Waals surface area (Å²) in [6.45, 7) is 0.325. The number of ether oxygens (including phenoxy) is 1. The lowest BCUT2D eigenvalue weighted by atomic mass is 10.2. The van der Waals surface area contributed by atoms with Crippen molar-refractivity contribution in [3.05, 3.63) is 90.2 Å². The highest BCUT2D eigenvalue weighted by atomic mass is 19.1. The van der Waals surface area contributed by atoms with Gasteiger partial charge in [0, 0.05) is 5.69 Å². The van der Waals surface area contributed by atoms with Crippen LogP contribution < -0.4 is 10.1 Å². The van der Waals surface area contributed by atoms with E-state index >= 15 is 0 Å². The van der Waals surface area contributed by atoms with Crippen LogP contribution in [0.25, 0.3) is 0 Å². The van der Waals surface area contributed by atoms with Crippen molar-refractivity contribution in [3.8, 4) is 5.75 Å². The molecule has 0 unspecified atom stereocenters. The third-order valence-corrected chi connectivity index (χ3v) is 3.25. The molecular formula is C19H16FNO. The van der Waals surface area contributed by atoms with E-state index < -0.39 is 0 Å². The first-order valence-electron chi connectivity index (χ1n) is 7.10. The maximum Gasteiger partial charge on any atom is 0.178 e. The zero-order chi connectivity index (χ0) is 15.2. The number of hydrogen-bond donors (Lipinski definition) is 1. The van der Waals surface area contributed by atoms with Gasteiger partial charge in [0.25, 0.3) is 0 Å². The van der Waals surface area contributed by atoms with Crippen LogP contribution in [-0.4, -0.2) is 0 Å². The molecule has 0 aliphatic heterocycles. The molecule has 1 N–H and O–H groups in total. The SMILES string of the molecule is Fc1cccc(Nc2ccccc2)c1OCc1ccccc1. The van der Waals surface area contributed by atoms with Crippen LogP contribution in [0.1, 0.15) is 5.56 Å². The lowest BCUT2D eigenvalue weighted by Gasteiger charge is -2.14. The second-order valence-corrected chi connectivity index (χ2v) is 4.88. The van der Waals surface area contributed by atoms with Crippen LogP contribution in [0.3, 0.4) is 0 Å². The summed E-state index contributed by atoms with van der Waals surface area (Å²) < 4.78 is 19.8. The Hall–Kier alpha value is -2.81. The maximum atomic E-state index is 14.1. The van der Waals surface area contributed by atoms with Crippen LogP contribution in [-0.2, 0) is 6.61 Å². The lowest BCUT2D eigenvalue weighted by Crippen LogP contribution is -2.01. The van der Waals surface area contributed by atoms with Gasteiger partial charge in [0.05, 0.1) is 5.69 Å². The van der Waals surface area contributed by atoms with Gasteiger partial charge in [0.2, 0.25) is 0 Å². The summed E-state index contributed by atoms with van der Waals surface area (Å²) in [6, 6.07) is 24.2. The molecule has 3 aromatic carbocycles. The first-order valence-corrected chi connectivity index (χ1v) is 7.10. The molecule has 22 heavy (non-hydrogen) atoms. The van der Waals surface area contributed by atoms with E-state index in [-0.39, 0.29) is 11.6 Å². The van der Waals surface area contributed by atoms with Crippen molar-refractivity contribution in [3.63, 3.8) is 0 Å². The fourth-order valence-electron chi connectivity index (χ4n) is 2.16. The Morgan fingerprint density at radius 2 is 1.45 bits per heavy atom. The number of rotatable bonds is 5. The summed E-state index contributed by atoms with van der Waals surface area (Å²) in [6.07, 6.45) is 0. The van der Waals surface area contributed by atoms with Crippen LogP contribution >= 0.6 is 0 Å². The van der Waals surface area contributed by atoms with E-state index in [0.717, 1.165) is 11.3 Å². The molecule has 0 heterocycles. The van der Waals surface area contributed by atoms with E-state index in [1.165, 1.54) is 6.07 Å². The summed E-state index contributed by atoms with van der Waals surface area (Å²) in [5.41, 5.74) is 2.50. The van der Waals surface area contributed by atoms with Gasteiger partial charge in [-0.05, 0) is 29.8 Å². The zero-order valence-corrected chi connectivity index (χ0v) is 12.0. The minimum atomic E-state index is -0.378. The zero-order valence-electron chi connectivity index (χ0n) is 12.0. The molecule has 0 amide bonds. The van der Waals surface area contributed by atoms with Gasteiger partial charge < -0.3 is 10.1 Å². The molecule has 3 rings (SSSR count). The van der Waals surface area contributed by atoms with Crippen LogP contribution in [0.5, 0.6) is 5.75 Å². The van der Waals surface area contributed by atoms with Crippen LogP contribution in [0, 0.1) is 5.82 Å². The fourth-order valence-corrected chi connectivity index (χ4v) is 2.16. The van der Waals surface area contributed by atoms with Gasteiger partial charge >= 0.3 is 0 Å². The van der Waals surface area contributed by atoms with Crippen molar-refractivity contribution in [2.75, 3.05) is 5.32 Å². The lowest BCUT2D eigenvalue weighted by molar-refractivity contribution is 0.292. The van der Waals surface area contributed by atoms with Crippen LogP contribution in [0.15, 0.2) is 78.9 Å². The number of halogens is 1. The minimum absolute atomic E-state index is 0.232. The smallest absolute Gasteiger partial charge is 0.178 e. The summed E-state index contributed by atoms with van der Waals surface area (Å²) in [7, 11) is 0. The largest absolute Gasteiger partial charge is 0.484 e. The highest BCUT2D eigenvalue weighted by Gasteiger charge is 2.10. The Bertz CT molecular complexity index is 729. The van der Waals surface area contributed by atoms with Crippen molar-refractivity contribution < 1.29 is 9.13 Å². The van der Waals surface area contributed by atoms with E-state index in [9.17, 15) is 4.39 Å². The quantitative estimate of drug-likeness (QED) is 0.702. The third-order valence-electron chi connectivity index (χ3n) is 3.25. The molecule has 0 spiro atoms. The van der Waals surface area contributed by atoms with Gasteiger partial charge in [-0.2, -0.15) is 0 Å². The molecule has 0 saturated carbocycles. The van der Waals surface area contributed by atoms with E-state index in [4.69, 9.17) is 4.74 Å². The maximum absolute atomic E-state index is 14.1. The Morgan fingerprint density at radius 3 is 2.18 bits per heavy atom. The van der Waals surface area contributed by atoms with Crippen molar-refractivity contribution in [2.45, 2.75) is 6.61 Å². The summed E-state index contributed by atoms with van der Waals surface area (Å²) in [5.74, 6) is -0.146. The van der Waals surface area contributed by atoms with E-state index in [2.05, 4.69) is 5.32 Å². The highest BCUT2D eigenvalue weighted by Crippen LogP contribution is 2.31. The summed E-state index contributed by atoms with van der Waals surface area (Å²) in [5, 5.41) is 3.18. The van der Waals surface area contributed by atoms with E-state index in [0.29, 0.717) is 12.3 Å². The first kappa shape index (κ1) is 14.1. The predicted molar refractivity (Wildman–Crippen MR) is 86.9 cm³/mol. The molecule has 0 aliphatic carbocycles. The van der Waals surface area contributed by atoms with Crippen molar-refractivity contribution in [2.24, 2.45) is 0 Å². The Labute approximate surface area is 129 Å². The number of para-hydroxylation sites is 2. The van der Waals surface area contributed by atoms with Gasteiger partial charge in [-0.25, -0.2) is 4.39 Å². The van der Waals surface area contributed by atoms with Gasteiger partial charge in [-0.3, -0.25) is 0 Å². The molecule has 3 heteroatoms. The molecule has 0 fully saturated rings. The second-order valence-electron chi connectivity index (χ2n) is 4.88. The predicted octanol–water partition coefficient (Wildman–Crippen LogP) is 5.15. The van der Waals surface area contributed by atoms with Gasteiger partial charge in [0.15, 0.2) is 11.6 Å². The van der Waals surface area contributed by atoms with Crippen molar-refractivity contribution >= 4 is 11.4 Å². The van der Waals surface area contributed by atoms with Crippen LogP contribution in [0.4, 0.5) is 15.8 Å². The molecule has 2 nitrogen and oxygen atoms in total. The van der Waals surface area contributed by atoms with Crippen molar-refractivity contribution in [1.82, 2.24) is 0 Å². The molecule has 0 saturated heterocycles. The minimum Gasteiger partial charge on any atom is -0.484 e. The Kier molecular flexibility index (Phi) is 4.35. The molecular weight excluding hydrogens is 277 g/mol. The normalized spacial score (nSPS) is 10.2. The second kappa shape index (κ2) is 6.76. The summed E-state index contributed by atoms with van der Waals surface area (Å²) >= 11 is 0. The van der Waals surface area contributed by atoms with Gasteiger partial charge in [-0.15, -0.1) is 0 Å². The highest BCUT2D eigenvalue weighted by molar-refractivity contribution is 5.66. The molecule has 0 radical (unpaired) electrons. The Morgan fingerprint density at radius 1 is 0.773 bits per heavy atom. The standard InChI is InChI=1S/C19H16FNO/c20-17-12-7-13-18(21-16-10-5-2-6-11-16)19(17)22-14-15-8-3-1-4-9-15/h1-13,21H,14H2.